The Labute approximate surface area is 121 Å². The minimum Gasteiger partial charge on any atom is -0.494 e. The smallest absolute Gasteiger partial charge is 0.337 e. The Morgan fingerprint density at radius 2 is 1.90 bits per heavy atom. The van der Waals surface area contributed by atoms with Gasteiger partial charge in [-0.25, -0.2) is 9.78 Å². The van der Waals surface area contributed by atoms with Crippen LogP contribution in [0.5, 0.6) is 5.75 Å². The van der Waals surface area contributed by atoms with E-state index in [2.05, 4.69) is 4.98 Å². The Balaban J connectivity index is 2.37. The van der Waals surface area contributed by atoms with E-state index in [0.717, 1.165) is 5.56 Å². The van der Waals surface area contributed by atoms with Crippen molar-refractivity contribution >= 4 is 17.0 Å². The summed E-state index contributed by atoms with van der Waals surface area (Å²) in [5.74, 6) is 0.310. The Morgan fingerprint density at radius 1 is 1.19 bits per heavy atom. The highest BCUT2D eigenvalue weighted by Gasteiger charge is 2.19. The van der Waals surface area contributed by atoms with Crippen LogP contribution in [0.4, 0.5) is 0 Å². The predicted octanol–water partition coefficient (Wildman–Crippen LogP) is 2.95. The fourth-order valence-corrected chi connectivity index (χ4v) is 2.47. The molecule has 0 spiro atoms. The summed E-state index contributed by atoms with van der Waals surface area (Å²) in [4.78, 5) is 15.9. The number of methoxy groups -OCH3 is 1. The fourth-order valence-electron chi connectivity index (χ4n) is 2.47. The standard InChI is InChI=1S/C16H14N2O3/c1-18-14-12(21-2)9-8-11(16(19)20)13(14)17-15(18)10-6-4-3-5-7-10/h3-9H,1-2H3,(H,19,20). The first-order valence-electron chi connectivity index (χ1n) is 6.45. The number of ether oxygens (including phenoxy) is 1. The molecule has 2 aromatic carbocycles. The molecule has 0 radical (unpaired) electrons. The molecular formula is C16H14N2O3. The van der Waals surface area contributed by atoms with Crippen molar-refractivity contribution in [3.05, 3.63) is 48.0 Å². The van der Waals surface area contributed by atoms with Crippen molar-refractivity contribution in [2.24, 2.45) is 7.05 Å². The number of carbonyl (C=O) groups is 1. The van der Waals surface area contributed by atoms with E-state index in [1.54, 1.807) is 13.2 Å². The van der Waals surface area contributed by atoms with Crippen LogP contribution in [0.3, 0.4) is 0 Å². The number of nitrogens with zero attached hydrogens (tertiary/aromatic N) is 2. The molecule has 1 heterocycles. The number of rotatable bonds is 3. The highest BCUT2D eigenvalue weighted by atomic mass is 16.5. The molecule has 106 valence electrons. The van der Waals surface area contributed by atoms with Gasteiger partial charge in [-0.05, 0) is 12.1 Å². The fraction of sp³-hybridized carbons (Fsp3) is 0.125. The molecule has 0 unspecified atom stereocenters. The van der Waals surface area contributed by atoms with E-state index < -0.39 is 5.97 Å². The van der Waals surface area contributed by atoms with Gasteiger partial charge >= 0.3 is 5.97 Å². The van der Waals surface area contributed by atoms with E-state index in [1.807, 2.05) is 41.9 Å². The summed E-state index contributed by atoms with van der Waals surface area (Å²) in [6.07, 6.45) is 0. The summed E-state index contributed by atoms with van der Waals surface area (Å²) in [6, 6.07) is 12.8. The van der Waals surface area contributed by atoms with Crippen molar-refractivity contribution in [2.45, 2.75) is 0 Å². The molecule has 0 amide bonds. The third kappa shape index (κ3) is 2.03. The van der Waals surface area contributed by atoms with Crippen LogP contribution < -0.4 is 4.74 Å². The quantitative estimate of drug-likeness (QED) is 0.802. The topological polar surface area (TPSA) is 64.3 Å². The van der Waals surface area contributed by atoms with Crippen molar-refractivity contribution in [2.75, 3.05) is 7.11 Å². The van der Waals surface area contributed by atoms with Gasteiger partial charge < -0.3 is 14.4 Å². The molecule has 0 fully saturated rings. The first-order chi connectivity index (χ1) is 10.1. The summed E-state index contributed by atoms with van der Waals surface area (Å²) in [5.41, 5.74) is 2.21. The minimum absolute atomic E-state index is 0.170. The molecule has 0 saturated carbocycles. The van der Waals surface area contributed by atoms with Gasteiger partial charge in [0.05, 0.1) is 12.7 Å². The molecule has 5 nitrogen and oxygen atoms in total. The molecular weight excluding hydrogens is 268 g/mol. The number of carboxylic acid groups (broad SMARTS) is 1. The minimum atomic E-state index is -1.000. The Kier molecular flexibility index (Phi) is 3.10. The van der Waals surface area contributed by atoms with Crippen LogP contribution in [0.15, 0.2) is 42.5 Å². The van der Waals surface area contributed by atoms with Gasteiger partial charge in [0.15, 0.2) is 0 Å². The summed E-state index contributed by atoms with van der Waals surface area (Å²) in [7, 11) is 3.41. The second kappa shape index (κ2) is 4.94. The lowest BCUT2D eigenvalue weighted by Crippen LogP contribution is -1.99. The highest BCUT2D eigenvalue weighted by Crippen LogP contribution is 2.32. The number of aromatic carboxylic acids is 1. The van der Waals surface area contributed by atoms with E-state index in [1.165, 1.54) is 6.07 Å². The average Bonchev–Trinajstić information content (AvgIpc) is 2.85. The number of benzene rings is 2. The van der Waals surface area contributed by atoms with Crippen LogP contribution >= 0.6 is 0 Å². The highest BCUT2D eigenvalue weighted by molar-refractivity contribution is 6.03. The molecule has 1 aromatic heterocycles. The number of aryl methyl sites for hydroxylation is 1. The third-order valence-electron chi connectivity index (χ3n) is 3.47. The molecule has 3 aromatic rings. The second-order valence-corrected chi connectivity index (χ2v) is 4.68. The van der Waals surface area contributed by atoms with Gasteiger partial charge in [0.1, 0.15) is 22.6 Å². The maximum atomic E-state index is 11.4. The largest absolute Gasteiger partial charge is 0.494 e. The van der Waals surface area contributed by atoms with Gasteiger partial charge in [-0.15, -0.1) is 0 Å². The maximum absolute atomic E-state index is 11.4. The third-order valence-corrected chi connectivity index (χ3v) is 3.47. The van der Waals surface area contributed by atoms with Gasteiger partial charge in [0.25, 0.3) is 0 Å². The van der Waals surface area contributed by atoms with Gasteiger partial charge in [0.2, 0.25) is 0 Å². The first kappa shape index (κ1) is 13.2. The molecule has 21 heavy (non-hydrogen) atoms. The van der Waals surface area contributed by atoms with Crippen LogP contribution in [-0.2, 0) is 7.05 Å². The molecule has 1 N–H and O–H groups in total. The number of imidazole rings is 1. The molecule has 3 rings (SSSR count). The lowest BCUT2D eigenvalue weighted by Gasteiger charge is -2.06. The van der Waals surface area contributed by atoms with Crippen LogP contribution in [0.25, 0.3) is 22.4 Å². The number of carboxylic acids is 1. The molecule has 0 atom stereocenters. The zero-order chi connectivity index (χ0) is 15.0. The zero-order valence-electron chi connectivity index (χ0n) is 11.7. The molecule has 0 aliphatic heterocycles. The summed E-state index contributed by atoms with van der Waals surface area (Å²) >= 11 is 0. The average molecular weight is 282 g/mol. The molecule has 0 saturated heterocycles. The molecule has 5 heteroatoms. The van der Waals surface area contributed by atoms with Crippen LogP contribution in [-0.4, -0.2) is 27.7 Å². The van der Waals surface area contributed by atoms with Gasteiger partial charge in [0, 0.05) is 12.6 Å². The Hall–Kier alpha value is -2.82. The Morgan fingerprint density at radius 3 is 2.52 bits per heavy atom. The number of aromatic nitrogens is 2. The molecule has 0 aliphatic rings. The van der Waals surface area contributed by atoms with Crippen molar-refractivity contribution in [1.82, 2.24) is 9.55 Å². The number of hydrogen-bond donors (Lipinski definition) is 1. The van der Waals surface area contributed by atoms with Crippen molar-refractivity contribution in [1.29, 1.82) is 0 Å². The van der Waals surface area contributed by atoms with E-state index >= 15 is 0 Å². The molecule has 0 aliphatic carbocycles. The van der Waals surface area contributed by atoms with Gasteiger partial charge in [-0.1, -0.05) is 30.3 Å². The lowest BCUT2D eigenvalue weighted by molar-refractivity contribution is 0.0699. The van der Waals surface area contributed by atoms with Crippen LogP contribution in [0.1, 0.15) is 10.4 Å². The number of hydrogen-bond acceptors (Lipinski definition) is 3. The first-order valence-corrected chi connectivity index (χ1v) is 6.45. The van der Waals surface area contributed by atoms with E-state index in [0.29, 0.717) is 22.6 Å². The SMILES string of the molecule is COc1ccc(C(=O)O)c2nc(-c3ccccc3)n(C)c12. The van der Waals surface area contributed by atoms with Crippen molar-refractivity contribution < 1.29 is 14.6 Å². The summed E-state index contributed by atoms with van der Waals surface area (Å²) < 4.78 is 7.20. The van der Waals surface area contributed by atoms with E-state index in [-0.39, 0.29) is 5.56 Å². The maximum Gasteiger partial charge on any atom is 0.337 e. The summed E-state index contributed by atoms with van der Waals surface area (Å²) in [6.45, 7) is 0. The predicted molar refractivity (Wildman–Crippen MR) is 79.7 cm³/mol. The van der Waals surface area contributed by atoms with E-state index in [4.69, 9.17) is 4.74 Å². The zero-order valence-corrected chi connectivity index (χ0v) is 11.7. The van der Waals surface area contributed by atoms with Gasteiger partial charge in [-0.2, -0.15) is 0 Å². The van der Waals surface area contributed by atoms with Crippen molar-refractivity contribution in [3.8, 4) is 17.1 Å². The van der Waals surface area contributed by atoms with Crippen molar-refractivity contribution in [3.63, 3.8) is 0 Å². The monoisotopic (exact) mass is 282 g/mol. The van der Waals surface area contributed by atoms with Crippen LogP contribution in [0, 0.1) is 0 Å². The van der Waals surface area contributed by atoms with Crippen LogP contribution in [0.2, 0.25) is 0 Å². The van der Waals surface area contributed by atoms with E-state index in [9.17, 15) is 9.90 Å². The van der Waals surface area contributed by atoms with Gasteiger partial charge in [-0.3, -0.25) is 0 Å². The lowest BCUT2D eigenvalue weighted by atomic mass is 10.1. The summed E-state index contributed by atoms with van der Waals surface area (Å²) in [5, 5.41) is 9.33. The Bertz CT molecular complexity index is 822. The number of fused-ring (bicyclic) bond motifs is 1. The molecule has 0 bridgehead atoms. The second-order valence-electron chi connectivity index (χ2n) is 4.68. The normalized spacial score (nSPS) is 10.8.